The van der Waals surface area contributed by atoms with E-state index in [1.807, 2.05) is 78.9 Å². The van der Waals surface area contributed by atoms with Crippen LogP contribution in [-0.4, -0.2) is 5.78 Å². The minimum Gasteiger partial charge on any atom is -0.354 e. The van der Waals surface area contributed by atoms with Gasteiger partial charge in [-0.25, -0.2) is 0 Å². The Hall–Kier alpha value is -3.36. The Morgan fingerprint density at radius 2 is 1.32 bits per heavy atom. The summed E-state index contributed by atoms with van der Waals surface area (Å²) >= 11 is 6.56. The van der Waals surface area contributed by atoms with E-state index in [2.05, 4.69) is 17.4 Å². The standard InChI is InChI=1S/C25H16ClNO/c26-21-15-17(16-7-2-1-3-8-16)13-14-22(21)27-23-12-6-11-19-18-9-4-5-10-20(18)25(28)24(19)23/h1-15,27H. The van der Waals surface area contributed by atoms with E-state index in [-0.39, 0.29) is 5.78 Å². The van der Waals surface area contributed by atoms with Crippen LogP contribution < -0.4 is 5.32 Å². The van der Waals surface area contributed by atoms with Gasteiger partial charge in [-0.2, -0.15) is 0 Å². The van der Waals surface area contributed by atoms with Crippen LogP contribution in [0.3, 0.4) is 0 Å². The van der Waals surface area contributed by atoms with Crippen LogP contribution in [0.1, 0.15) is 15.9 Å². The maximum absolute atomic E-state index is 13.0. The number of hydrogen-bond donors (Lipinski definition) is 1. The van der Waals surface area contributed by atoms with Crippen LogP contribution in [0.25, 0.3) is 22.3 Å². The lowest BCUT2D eigenvalue weighted by atomic mass is 10.0. The van der Waals surface area contributed by atoms with Crippen molar-refractivity contribution in [2.24, 2.45) is 0 Å². The Balaban J connectivity index is 1.53. The third-order valence-corrected chi connectivity index (χ3v) is 5.41. The summed E-state index contributed by atoms with van der Waals surface area (Å²) in [6, 6.07) is 29.6. The van der Waals surface area contributed by atoms with Gasteiger partial charge in [-0.1, -0.05) is 84.4 Å². The second-order valence-corrected chi connectivity index (χ2v) is 7.20. The maximum Gasteiger partial charge on any atom is 0.196 e. The van der Waals surface area contributed by atoms with Crippen molar-refractivity contribution in [2.75, 3.05) is 5.32 Å². The van der Waals surface area contributed by atoms with Gasteiger partial charge < -0.3 is 5.32 Å². The van der Waals surface area contributed by atoms with Crippen molar-refractivity contribution in [3.8, 4) is 22.3 Å². The third-order valence-electron chi connectivity index (χ3n) is 5.10. The van der Waals surface area contributed by atoms with Gasteiger partial charge in [0.15, 0.2) is 5.78 Å². The quantitative estimate of drug-likeness (QED) is 0.366. The number of benzene rings is 4. The first kappa shape index (κ1) is 16.8. The van der Waals surface area contributed by atoms with E-state index in [4.69, 9.17) is 11.6 Å². The first-order valence-corrected chi connectivity index (χ1v) is 9.49. The van der Waals surface area contributed by atoms with Gasteiger partial charge in [-0.05, 0) is 40.5 Å². The van der Waals surface area contributed by atoms with Crippen molar-refractivity contribution < 1.29 is 4.79 Å². The molecule has 0 aromatic heterocycles. The van der Waals surface area contributed by atoms with Crippen molar-refractivity contribution in [1.29, 1.82) is 0 Å². The highest BCUT2D eigenvalue weighted by atomic mass is 35.5. The second kappa shape index (κ2) is 6.66. The zero-order chi connectivity index (χ0) is 19.1. The SMILES string of the molecule is O=C1c2ccccc2-c2cccc(Nc3ccc(-c4ccccc4)cc3Cl)c21. The molecule has 0 unspecified atom stereocenters. The van der Waals surface area contributed by atoms with Gasteiger partial charge in [-0.15, -0.1) is 0 Å². The molecule has 0 aliphatic heterocycles. The molecule has 1 aliphatic rings. The summed E-state index contributed by atoms with van der Waals surface area (Å²) in [5.74, 6) is 0.0470. The highest BCUT2D eigenvalue weighted by Gasteiger charge is 2.28. The molecule has 3 heteroatoms. The number of fused-ring (bicyclic) bond motifs is 3. The topological polar surface area (TPSA) is 29.1 Å². The molecule has 1 N–H and O–H groups in total. The zero-order valence-electron chi connectivity index (χ0n) is 14.9. The average Bonchev–Trinajstić information content (AvgIpc) is 3.04. The summed E-state index contributed by atoms with van der Waals surface area (Å²) in [4.78, 5) is 13.0. The van der Waals surface area contributed by atoms with E-state index in [0.29, 0.717) is 10.6 Å². The number of halogens is 1. The van der Waals surface area contributed by atoms with Crippen LogP contribution in [-0.2, 0) is 0 Å². The fourth-order valence-corrected chi connectivity index (χ4v) is 3.98. The largest absolute Gasteiger partial charge is 0.354 e. The van der Waals surface area contributed by atoms with Crippen LogP contribution in [0.4, 0.5) is 11.4 Å². The molecule has 0 radical (unpaired) electrons. The molecule has 4 aromatic rings. The second-order valence-electron chi connectivity index (χ2n) is 6.79. The average molecular weight is 382 g/mol. The Kier molecular flexibility index (Phi) is 4.00. The van der Waals surface area contributed by atoms with Crippen LogP contribution >= 0.6 is 11.6 Å². The molecule has 0 bridgehead atoms. The first-order chi connectivity index (χ1) is 13.7. The Morgan fingerprint density at radius 3 is 2.11 bits per heavy atom. The predicted molar refractivity (Wildman–Crippen MR) is 115 cm³/mol. The monoisotopic (exact) mass is 381 g/mol. The van der Waals surface area contributed by atoms with E-state index in [0.717, 1.165) is 39.2 Å². The molecule has 0 amide bonds. The number of rotatable bonds is 3. The molecule has 2 nitrogen and oxygen atoms in total. The van der Waals surface area contributed by atoms with Crippen LogP contribution in [0.2, 0.25) is 5.02 Å². The normalized spacial score (nSPS) is 11.8. The van der Waals surface area contributed by atoms with Gasteiger partial charge >= 0.3 is 0 Å². The molecule has 4 aromatic carbocycles. The minimum atomic E-state index is 0.0470. The van der Waals surface area contributed by atoms with Gasteiger partial charge in [0, 0.05) is 5.56 Å². The summed E-state index contributed by atoms with van der Waals surface area (Å²) in [5, 5.41) is 3.98. The molecule has 134 valence electrons. The molecule has 1 aliphatic carbocycles. The number of carbonyl (C=O) groups is 1. The van der Waals surface area contributed by atoms with Crippen molar-refractivity contribution in [3.63, 3.8) is 0 Å². The smallest absolute Gasteiger partial charge is 0.196 e. The fraction of sp³-hybridized carbons (Fsp3) is 0. The molecular weight excluding hydrogens is 366 g/mol. The highest BCUT2D eigenvalue weighted by molar-refractivity contribution is 6.34. The summed E-state index contributed by atoms with van der Waals surface area (Å²) < 4.78 is 0. The summed E-state index contributed by atoms with van der Waals surface area (Å²) in [6.45, 7) is 0. The van der Waals surface area contributed by atoms with E-state index in [1.165, 1.54) is 0 Å². The van der Waals surface area contributed by atoms with Crippen LogP contribution in [0.5, 0.6) is 0 Å². The third kappa shape index (κ3) is 2.70. The van der Waals surface area contributed by atoms with Gasteiger partial charge in [0.2, 0.25) is 0 Å². The lowest BCUT2D eigenvalue weighted by Crippen LogP contribution is -2.01. The van der Waals surface area contributed by atoms with Gasteiger partial charge in [-0.3, -0.25) is 4.79 Å². The van der Waals surface area contributed by atoms with Crippen molar-refractivity contribution >= 4 is 28.8 Å². The first-order valence-electron chi connectivity index (χ1n) is 9.11. The molecule has 0 spiro atoms. The van der Waals surface area contributed by atoms with Gasteiger partial charge in [0.05, 0.1) is 22.0 Å². The molecule has 0 saturated carbocycles. The molecule has 0 fully saturated rings. The summed E-state index contributed by atoms with van der Waals surface area (Å²) in [5.41, 5.74) is 7.11. The van der Waals surface area contributed by atoms with Crippen molar-refractivity contribution in [2.45, 2.75) is 0 Å². The van der Waals surface area contributed by atoms with E-state index in [1.54, 1.807) is 0 Å². The van der Waals surface area contributed by atoms with E-state index < -0.39 is 0 Å². The van der Waals surface area contributed by atoms with Crippen LogP contribution in [0, 0.1) is 0 Å². The number of anilines is 2. The zero-order valence-corrected chi connectivity index (χ0v) is 15.7. The molecule has 0 atom stereocenters. The Labute approximate surface area is 168 Å². The number of ketones is 1. The number of nitrogens with one attached hydrogen (secondary N) is 1. The lowest BCUT2D eigenvalue weighted by Gasteiger charge is -2.13. The van der Waals surface area contributed by atoms with Gasteiger partial charge in [0.1, 0.15) is 0 Å². The number of carbonyl (C=O) groups excluding carboxylic acids is 1. The molecule has 0 heterocycles. The molecule has 28 heavy (non-hydrogen) atoms. The minimum absolute atomic E-state index is 0.0470. The van der Waals surface area contributed by atoms with Gasteiger partial charge in [0.25, 0.3) is 0 Å². The Morgan fingerprint density at radius 1 is 0.607 bits per heavy atom. The van der Waals surface area contributed by atoms with Crippen molar-refractivity contribution in [3.05, 3.63) is 107 Å². The molecule has 5 rings (SSSR count). The molecule has 0 saturated heterocycles. The maximum atomic E-state index is 13.0. The predicted octanol–water partition coefficient (Wildman–Crippen LogP) is 6.96. The molecular formula is C25H16ClNO. The number of hydrogen-bond acceptors (Lipinski definition) is 2. The fourth-order valence-electron chi connectivity index (χ4n) is 3.75. The van der Waals surface area contributed by atoms with E-state index >= 15 is 0 Å². The van der Waals surface area contributed by atoms with Crippen LogP contribution in [0.15, 0.2) is 91.0 Å². The summed E-state index contributed by atoms with van der Waals surface area (Å²) in [7, 11) is 0. The lowest BCUT2D eigenvalue weighted by molar-refractivity contribution is 0.104. The Bertz CT molecular complexity index is 1210. The summed E-state index contributed by atoms with van der Waals surface area (Å²) in [6.07, 6.45) is 0. The van der Waals surface area contributed by atoms with E-state index in [9.17, 15) is 4.79 Å². The van der Waals surface area contributed by atoms with Crippen molar-refractivity contribution in [1.82, 2.24) is 0 Å². The highest BCUT2D eigenvalue weighted by Crippen LogP contribution is 2.41.